The van der Waals surface area contributed by atoms with E-state index in [1.165, 1.54) is 18.2 Å². The first-order valence-electron chi connectivity index (χ1n) is 5.63. The first kappa shape index (κ1) is 14.3. The Morgan fingerprint density at radius 1 is 1.05 bits per heavy atom. The van der Waals surface area contributed by atoms with E-state index >= 15 is 0 Å². The Labute approximate surface area is 119 Å². The molecular weight excluding hydrogens is 287 g/mol. The average Bonchev–Trinajstić information content (AvgIpc) is 2.39. The van der Waals surface area contributed by atoms with Crippen LogP contribution < -0.4 is 10.5 Å². The van der Waals surface area contributed by atoms with Gasteiger partial charge in [0.05, 0.1) is 0 Å². The fourth-order valence-electron chi connectivity index (χ4n) is 1.59. The van der Waals surface area contributed by atoms with Crippen molar-refractivity contribution in [1.82, 2.24) is 0 Å². The lowest BCUT2D eigenvalue weighted by molar-refractivity contribution is 0.284. The van der Waals surface area contributed by atoms with Gasteiger partial charge in [0.2, 0.25) is 0 Å². The zero-order valence-electron chi connectivity index (χ0n) is 10.2. The molecule has 0 amide bonds. The molecule has 0 saturated heterocycles. The van der Waals surface area contributed by atoms with Crippen molar-refractivity contribution in [3.8, 4) is 5.75 Å². The van der Waals surface area contributed by atoms with Crippen LogP contribution in [0.25, 0.3) is 0 Å². The van der Waals surface area contributed by atoms with Crippen LogP contribution in [0.15, 0.2) is 36.4 Å². The lowest BCUT2D eigenvalue weighted by Gasteiger charge is -2.09. The van der Waals surface area contributed by atoms with Crippen LogP contribution in [0.1, 0.15) is 11.1 Å². The number of rotatable bonds is 4. The smallest absolute Gasteiger partial charge is 0.167 e. The van der Waals surface area contributed by atoms with Crippen LogP contribution >= 0.6 is 12.2 Å². The van der Waals surface area contributed by atoms with Gasteiger partial charge in [-0.3, -0.25) is 0 Å². The molecule has 0 fully saturated rings. The predicted molar refractivity (Wildman–Crippen MR) is 73.0 cm³/mol. The highest BCUT2D eigenvalue weighted by molar-refractivity contribution is 7.80. The van der Waals surface area contributed by atoms with E-state index < -0.39 is 17.5 Å². The Morgan fingerprint density at radius 3 is 2.45 bits per heavy atom. The summed E-state index contributed by atoms with van der Waals surface area (Å²) in [5, 5.41) is 0. The highest BCUT2D eigenvalue weighted by atomic mass is 32.1. The molecule has 0 aliphatic carbocycles. The van der Waals surface area contributed by atoms with Gasteiger partial charge in [-0.25, -0.2) is 13.2 Å². The molecule has 0 heterocycles. The van der Waals surface area contributed by atoms with Gasteiger partial charge in [-0.1, -0.05) is 12.2 Å². The number of hydrogen-bond acceptors (Lipinski definition) is 2. The lowest BCUT2D eigenvalue weighted by Crippen LogP contribution is -2.11. The van der Waals surface area contributed by atoms with E-state index in [-0.39, 0.29) is 22.9 Å². The maximum absolute atomic E-state index is 13.6. The minimum absolute atomic E-state index is 0.124. The Balaban J connectivity index is 2.18. The third-order valence-electron chi connectivity index (χ3n) is 2.61. The van der Waals surface area contributed by atoms with Crippen molar-refractivity contribution in [1.29, 1.82) is 0 Å². The molecule has 0 spiro atoms. The molecule has 0 atom stereocenters. The molecule has 0 aliphatic heterocycles. The maximum Gasteiger partial charge on any atom is 0.167 e. The minimum atomic E-state index is -0.851. The fraction of sp³-hybridized carbons (Fsp3) is 0.0714. The van der Waals surface area contributed by atoms with Gasteiger partial charge in [0, 0.05) is 17.2 Å². The van der Waals surface area contributed by atoms with Crippen LogP contribution in [0.2, 0.25) is 0 Å². The highest BCUT2D eigenvalue weighted by Crippen LogP contribution is 2.20. The molecule has 20 heavy (non-hydrogen) atoms. The second kappa shape index (κ2) is 5.92. The quantitative estimate of drug-likeness (QED) is 0.879. The first-order valence-corrected chi connectivity index (χ1v) is 6.04. The largest absolute Gasteiger partial charge is 0.486 e. The summed E-state index contributed by atoms with van der Waals surface area (Å²) in [5.74, 6) is -2.24. The summed E-state index contributed by atoms with van der Waals surface area (Å²) in [5.41, 5.74) is 6.11. The lowest BCUT2D eigenvalue weighted by atomic mass is 10.1. The van der Waals surface area contributed by atoms with Crippen LogP contribution in [-0.2, 0) is 6.61 Å². The van der Waals surface area contributed by atoms with E-state index in [1.54, 1.807) is 0 Å². The van der Waals surface area contributed by atoms with E-state index in [1.807, 2.05) is 0 Å². The van der Waals surface area contributed by atoms with E-state index in [0.29, 0.717) is 11.6 Å². The van der Waals surface area contributed by atoms with E-state index in [2.05, 4.69) is 0 Å². The van der Waals surface area contributed by atoms with Crippen molar-refractivity contribution < 1.29 is 17.9 Å². The van der Waals surface area contributed by atoms with Gasteiger partial charge < -0.3 is 10.5 Å². The monoisotopic (exact) mass is 297 g/mol. The molecule has 0 aromatic heterocycles. The summed E-state index contributed by atoms with van der Waals surface area (Å²) in [4.78, 5) is 0.124. The Morgan fingerprint density at radius 2 is 1.80 bits per heavy atom. The third-order valence-corrected chi connectivity index (χ3v) is 2.84. The number of thiocarbonyl (C=S) groups is 1. The van der Waals surface area contributed by atoms with Crippen molar-refractivity contribution in [2.24, 2.45) is 5.73 Å². The third kappa shape index (κ3) is 3.27. The summed E-state index contributed by atoms with van der Waals surface area (Å²) in [6, 6.07) is 6.96. The molecule has 0 aliphatic rings. The molecule has 0 radical (unpaired) electrons. The minimum Gasteiger partial charge on any atom is -0.486 e. The fourth-order valence-corrected chi connectivity index (χ4v) is 1.71. The van der Waals surface area contributed by atoms with Crippen molar-refractivity contribution in [3.05, 3.63) is 65.0 Å². The normalized spacial score (nSPS) is 10.3. The first-order chi connectivity index (χ1) is 9.47. The van der Waals surface area contributed by atoms with Crippen LogP contribution in [0.4, 0.5) is 13.2 Å². The van der Waals surface area contributed by atoms with Gasteiger partial charge in [-0.05, 0) is 30.3 Å². The van der Waals surface area contributed by atoms with E-state index in [0.717, 1.165) is 12.1 Å². The van der Waals surface area contributed by atoms with Gasteiger partial charge in [0.15, 0.2) is 11.6 Å². The molecule has 0 unspecified atom stereocenters. The molecule has 0 saturated carbocycles. The molecule has 2 N–H and O–H groups in total. The van der Waals surface area contributed by atoms with Crippen molar-refractivity contribution in [2.75, 3.05) is 0 Å². The highest BCUT2D eigenvalue weighted by Gasteiger charge is 2.09. The average molecular weight is 297 g/mol. The number of nitrogens with two attached hydrogens (primary N) is 1. The van der Waals surface area contributed by atoms with Crippen LogP contribution in [0.3, 0.4) is 0 Å². The zero-order chi connectivity index (χ0) is 14.7. The number of hydrogen-bond donors (Lipinski definition) is 1. The summed E-state index contributed by atoms with van der Waals surface area (Å²) >= 11 is 4.79. The standard InChI is InChI=1S/C14H10F3NOS/c15-10-2-4-13(12(17)6-10)19-7-9-5-8(14(18)20)1-3-11(9)16/h1-6H,7H2,(H2,18,20). The van der Waals surface area contributed by atoms with Gasteiger partial charge in [-0.15, -0.1) is 0 Å². The summed E-state index contributed by atoms with van der Waals surface area (Å²) in [6.07, 6.45) is 0. The molecule has 2 nitrogen and oxygen atoms in total. The maximum atomic E-state index is 13.6. The van der Waals surface area contributed by atoms with Gasteiger partial charge in [-0.2, -0.15) is 0 Å². The topological polar surface area (TPSA) is 35.2 Å². The Hall–Kier alpha value is -2.08. The second-order valence-corrected chi connectivity index (χ2v) is 4.47. The molecule has 104 valence electrons. The number of benzene rings is 2. The summed E-state index contributed by atoms with van der Waals surface area (Å²) in [7, 11) is 0. The molecule has 2 aromatic rings. The SMILES string of the molecule is NC(=S)c1ccc(F)c(COc2ccc(F)cc2F)c1. The molecule has 2 aromatic carbocycles. The van der Waals surface area contributed by atoms with Crippen LogP contribution in [0.5, 0.6) is 5.75 Å². The summed E-state index contributed by atoms with van der Waals surface area (Å²) in [6.45, 7) is -0.217. The molecular formula is C14H10F3NOS. The van der Waals surface area contributed by atoms with Crippen molar-refractivity contribution >= 4 is 17.2 Å². The summed E-state index contributed by atoms with van der Waals surface area (Å²) < 4.78 is 44.8. The molecule has 6 heteroatoms. The molecule has 0 bridgehead atoms. The van der Waals surface area contributed by atoms with Crippen molar-refractivity contribution in [3.63, 3.8) is 0 Å². The molecule has 2 rings (SSSR count). The van der Waals surface area contributed by atoms with E-state index in [4.69, 9.17) is 22.7 Å². The van der Waals surface area contributed by atoms with E-state index in [9.17, 15) is 13.2 Å². The predicted octanol–water partition coefficient (Wildman–Crippen LogP) is 3.32. The van der Waals surface area contributed by atoms with Gasteiger partial charge in [0.25, 0.3) is 0 Å². The Kier molecular flexibility index (Phi) is 4.24. The zero-order valence-corrected chi connectivity index (χ0v) is 11.0. The van der Waals surface area contributed by atoms with Crippen LogP contribution in [0, 0.1) is 17.5 Å². The number of ether oxygens (including phenoxy) is 1. The van der Waals surface area contributed by atoms with Gasteiger partial charge in [0.1, 0.15) is 23.2 Å². The van der Waals surface area contributed by atoms with Crippen molar-refractivity contribution in [2.45, 2.75) is 6.61 Å². The van der Waals surface area contributed by atoms with Gasteiger partial charge >= 0.3 is 0 Å². The van der Waals surface area contributed by atoms with Crippen LogP contribution in [-0.4, -0.2) is 4.99 Å². The Bertz CT molecular complexity index is 661. The second-order valence-electron chi connectivity index (χ2n) is 4.03. The number of halogens is 3.